The van der Waals surface area contributed by atoms with Gasteiger partial charge in [-0.1, -0.05) is 5.21 Å². The van der Waals surface area contributed by atoms with Crippen molar-refractivity contribution >= 4 is 11.5 Å². The van der Waals surface area contributed by atoms with E-state index in [1.54, 1.807) is 18.3 Å². The molecule has 0 fully saturated rings. The number of nitrogens with zero attached hydrogens (tertiary/aromatic N) is 4. The first-order valence-corrected chi connectivity index (χ1v) is 4.47. The van der Waals surface area contributed by atoms with Gasteiger partial charge in [-0.05, 0) is 13.0 Å². The largest absolute Gasteiger partial charge is 0.399 e. The molecule has 1 atom stereocenters. The molecular formula is C8H11N7. The van der Waals surface area contributed by atoms with Crippen LogP contribution in [-0.4, -0.2) is 25.6 Å². The fourth-order valence-corrected chi connectivity index (χ4v) is 1.17. The summed E-state index contributed by atoms with van der Waals surface area (Å²) < 4.78 is 0. The van der Waals surface area contributed by atoms with Crippen LogP contribution in [0.25, 0.3) is 0 Å². The molecule has 7 heteroatoms. The minimum atomic E-state index is -0.0713. The third kappa shape index (κ3) is 2.19. The lowest BCUT2D eigenvalue weighted by molar-refractivity contribution is 0.788. The molecule has 2 aromatic rings. The fourth-order valence-electron chi connectivity index (χ4n) is 1.17. The summed E-state index contributed by atoms with van der Waals surface area (Å²) in [6.45, 7) is 1.91. The van der Waals surface area contributed by atoms with E-state index in [4.69, 9.17) is 5.73 Å². The van der Waals surface area contributed by atoms with E-state index in [0.29, 0.717) is 17.3 Å². The van der Waals surface area contributed by atoms with E-state index in [0.717, 1.165) is 0 Å². The SMILES string of the molecule is CC(Nc1cc(N)ccn1)c1nn[nH]n1. The molecule has 0 saturated heterocycles. The number of hydrogen-bond donors (Lipinski definition) is 3. The Balaban J connectivity index is 2.09. The Morgan fingerprint density at radius 1 is 1.53 bits per heavy atom. The van der Waals surface area contributed by atoms with Crippen LogP contribution in [0.1, 0.15) is 18.8 Å². The maximum Gasteiger partial charge on any atom is 0.196 e. The lowest BCUT2D eigenvalue weighted by atomic mass is 10.3. The van der Waals surface area contributed by atoms with Gasteiger partial charge in [-0.15, -0.1) is 10.2 Å². The van der Waals surface area contributed by atoms with Crippen molar-refractivity contribution in [3.05, 3.63) is 24.2 Å². The summed E-state index contributed by atoms with van der Waals surface area (Å²) in [5, 5.41) is 16.7. The predicted octanol–water partition coefficient (Wildman–Crippen LogP) is 0.350. The molecule has 7 nitrogen and oxygen atoms in total. The van der Waals surface area contributed by atoms with Crippen molar-refractivity contribution in [3.8, 4) is 0 Å². The topological polar surface area (TPSA) is 105 Å². The van der Waals surface area contributed by atoms with Gasteiger partial charge in [-0.3, -0.25) is 0 Å². The average Bonchev–Trinajstić information content (AvgIpc) is 2.70. The highest BCUT2D eigenvalue weighted by atomic mass is 15.5. The molecule has 0 aliphatic rings. The van der Waals surface area contributed by atoms with Crippen molar-refractivity contribution in [2.75, 3.05) is 11.1 Å². The second-order valence-corrected chi connectivity index (χ2v) is 3.11. The van der Waals surface area contributed by atoms with Crippen molar-refractivity contribution < 1.29 is 0 Å². The Labute approximate surface area is 86.1 Å². The van der Waals surface area contributed by atoms with Crippen LogP contribution in [0.3, 0.4) is 0 Å². The van der Waals surface area contributed by atoms with E-state index in [1.165, 1.54) is 0 Å². The molecule has 2 rings (SSSR count). The van der Waals surface area contributed by atoms with Gasteiger partial charge in [0, 0.05) is 18.0 Å². The molecule has 0 aromatic carbocycles. The zero-order valence-electron chi connectivity index (χ0n) is 8.18. The second kappa shape index (κ2) is 3.91. The van der Waals surface area contributed by atoms with Gasteiger partial charge in [0.1, 0.15) is 5.82 Å². The van der Waals surface area contributed by atoms with Gasteiger partial charge >= 0.3 is 0 Å². The molecule has 15 heavy (non-hydrogen) atoms. The first-order valence-electron chi connectivity index (χ1n) is 4.47. The van der Waals surface area contributed by atoms with Gasteiger partial charge in [0.15, 0.2) is 5.82 Å². The highest BCUT2D eigenvalue weighted by Crippen LogP contribution is 2.14. The smallest absolute Gasteiger partial charge is 0.196 e. The van der Waals surface area contributed by atoms with Crippen LogP contribution < -0.4 is 11.1 Å². The zero-order chi connectivity index (χ0) is 10.7. The maximum absolute atomic E-state index is 5.62. The summed E-state index contributed by atoms with van der Waals surface area (Å²) in [6.07, 6.45) is 1.64. The molecule has 1 unspecified atom stereocenters. The van der Waals surface area contributed by atoms with Gasteiger partial charge in [-0.2, -0.15) is 5.21 Å². The van der Waals surface area contributed by atoms with Gasteiger partial charge in [0.05, 0.1) is 6.04 Å². The maximum atomic E-state index is 5.62. The first kappa shape index (κ1) is 9.38. The molecule has 0 spiro atoms. The van der Waals surface area contributed by atoms with Gasteiger partial charge in [0.2, 0.25) is 0 Å². The van der Waals surface area contributed by atoms with E-state index in [2.05, 4.69) is 30.9 Å². The third-order valence-corrected chi connectivity index (χ3v) is 1.90. The quantitative estimate of drug-likeness (QED) is 0.667. The lowest BCUT2D eigenvalue weighted by Gasteiger charge is -2.10. The van der Waals surface area contributed by atoms with Crippen LogP contribution in [0.15, 0.2) is 18.3 Å². The highest BCUT2D eigenvalue weighted by Gasteiger charge is 2.10. The van der Waals surface area contributed by atoms with Crippen LogP contribution in [0.5, 0.6) is 0 Å². The number of aromatic amines is 1. The van der Waals surface area contributed by atoms with Crippen molar-refractivity contribution in [2.24, 2.45) is 0 Å². The molecule has 0 radical (unpaired) electrons. The Bertz CT molecular complexity index is 424. The molecule has 2 aromatic heterocycles. The molecule has 4 N–H and O–H groups in total. The summed E-state index contributed by atoms with van der Waals surface area (Å²) in [4.78, 5) is 4.11. The fraction of sp³-hybridized carbons (Fsp3) is 0.250. The number of tetrazole rings is 1. The van der Waals surface area contributed by atoms with Crippen molar-refractivity contribution in [1.82, 2.24) is 25.6 Å². The number of aromatic nitrogens is 5. The molecule has 0 aliphatic carbocycles. The minimum Gasteiger partial charge on any atom is -0.399 e. The molecule has 2 heterocycles. The molecule has 78 valence electrons. The van der Waals surface area contributed by atoms with Crippen LogP contribution >= 0.6 is 0 Å². The van der Waals surface area contributed by atoms with E-state index in [9.17, 15) is 0 Å². The number of hydrogen-bond acceptors (Lipinski definition) is 6. The molecule has 0 bridgehead atoms. The summed E-state index contributed by atoms with van der Waals surface area (Å²) in [6, 6.07) is 3.40. The lowest BCUT2D eigenvalue weighted by Crippen LogP contribution is -2.09. The predicted molar refractivity (Wildman–Crippen MR) is 54.9 cm³/mol. The van der Waals surface area contributed by atoms with Crippen molar-refractivity contribution in [2.45, 2.75) is 13.0 Å². The molecule has 0 aliphatic heterocycles. The number of anilines is 2. The summed E-state index contributed by atoms with van der Waals surface area (Å²) in [7, 11) is 0. The number of rotatable bonds is 3. The Morgan fingerprint density at radius 2 is 2.40 bits per heavy atom. The Hall–Kier alpha value is -2.18. The third-order valence-electron chi connectivity index (χ3n) is 1.90. The second-order valence-electron chi connectivity index (χ2n) is 3.11. The Morgan fingerprint density at radius 3 is 3.07 bits per heavy atom. The number of pyridine rings is 1. The van der Waals surface area contributed by atoms with Gasteiger partial charge in [-0.25, -0.2) is 4.98 Å². The molecular weight excluding hydrogens is 194 g/mol. The van der Waals surface area contributed by atoms with E-state index in [1.807, 2.05) is 6.92 Å². The van der Waals surface area contributed by atoms with Crippen LogP contribution in [-0.2, 0) is 0 Å². The number of nitrogens with two attached hydrogens (primary N) is 1. The average molecular weight is 205 g/mol. The summed E-state index contributed by atoms with van der Waals surface area (Å²) in [5.41, 5.74) is 6.28. The number of nitrogen functional groups attached to an aromatic ring is 1. The standard InChI is InChI=1S/C8H11N7/c1-5(8-12-14-15-13-8)11-7-4-6(9)2-3-10-7/h2-5H,1H3,(H3,9,10,11)(H,12,13,14,15). The number of nitrogens with one attached hydrogen (secondary N) is 2. The van der Waals surface area contributed by atoms with E-state index >= 15 is 0 Å². The summed E-state index contributed by atoms with van der Waals surface area (Å²) in [5.74, 6) is 1.27. The van der Waals surface area contributed by atoms with Crippen molar-refractivity contribution in [1.29, 1.82) is 0 Å². The van der Waals surface area contributed by atoms with Gasteiger partial charge in [0.25, 0.3) is 0 Å². The van der Waals surface area contributed by atoms with E-state index < -0.39 is 0 Å². The first-order chi connectivity index (χ1) is 7.25. The number of H-pyrrole nitrogens is 1. The normalized spacial score (nSPS) is 12.3. The highest BCUT2D eigenvalue weighted by molar-refractivity contribution is 5.48. The molecule has 0 saturated carbocycles. The monoisotopic (exact) mass is 205 g/mol. The van der Waals surface area contributed by atoms with Crippen molar-refractivity contribution in [3.63, 3.8) is 0 Å². The van der Waals surface area contributed by atoms with Crippen LogP contribution in [0, 0.1) is 0 Å². The van der Waals surface area contributed by atoms with Gasteiger partial charge < -0.3 is 11.1 Å². The van der Waals surface area contributed by atoms with E-state index in [-0.39, 0.29) is 6.04 Å². The molecule has 0 amide bonds. The van der Waals surface area contributed by atoms with Crippen LogP contribution in [0.2, 0.25) is 0 Å². The minimum absolute atomic E-state index is 0.0713. The summed E-state index contributed by atoms with van der Waals surface area (Å²) >= 11 is 0. The van der Waals surface area contributed by atoms with Crippen LogP contribution in [0.4, 0.5) is 11.5 Å². The zero-order valence-corrected chi connectivity index (χ0v) is 8.18. The Kier molecular flexibility index (Phi) is 2.44.